The lowest BCUT2D eigenvalue weighted by atomic mass is 9.73. The maximum Gasteiger partial charge on any atom is 0.393 e. The van der Waals surface area contributed by atoms with Gasteiger partial charge in [0.2, 0.25) is 0 Å². The van der Waals surface area contributed by atoms with Gasteiger partial charge in [0.15, 0.2) is 0 Å². The number of aliphatic hydroxyl groups is 4. The smallest absolute Gasteiger partial charge is 0.393 e. The van der Waals surface area contributed by atoms with E-state index in [0.29, 0.717) is 19.4 Å². The fourth-order valence-electron chi connectivity index (χ4n) is 5.78. The first kappa shape index (κ1) is 32.2. The summed E-state index contributed by atoms with van der Waals surface area (Å²) in [6, 6.07) is 0. The molecule has 0 spiro atoms. The summed E-state index contributed by atoms with van der Waals surface area (Å²) in [6.45, 7) is -0.166. The minimum absolute atomic E-state index is 0.00477. The standard InChI is InChI=1S/C30H45F3O6/c31-30(32,33)29-15-23(2-1-21-5-13-28(14-6-21)39-20-26(37)18-36)4-10-25(29)9-3-22-7-11-27(12-8-22)38-19-24(16-34)17-35/h21-29,34-37H,4-8,10-20H2. The number of hydrogen-bond acceptors (Lipinski definition) is 6. The van der Waals surface area contributed by atoms with E-state index < -0.39 is 24.1 Å². The van der Waals surface area contributed by atoms with Crippen LogP contribution in [-0.2, 0) is 9.47 Å². The van der Waals surface area contributed by atoms with Crippen LogP contribution in [0.4, 0.5) is 13.2 Å². The van der Waals surface area contributed by atoms with E-state index in [1.807, 2.05) is 0 Å². The molecule has 4 atom stereocenters. The van der Waals surface area contributed by atoms with Gasteiger partial charge in [-0.2, -0.15) is 13.2 Å². The van der Waals surface area contributed by atoms with E-state index in [4.69, 9.17) is 24.8 Å². The van der Waals surface area contributed by atoms with Gasteiger partial charge in [-0.1, -0.05) is 23.7 Å². The first-order valence-corrected chi connectivity index (χ1v) is 14.5. The third kappa shape index (κ3) is 10.9. The highest BCUT2D eigenvalue weighted by molar-refractivity contribution is 5.15. The molecule has 0 amide bonds. The van der Waals surface area contributed by atoms with Crippen LogP contribution >= 0.6 is 0 Å². The molecule has 0 aromatic heterocycles. The van der Waals surface area contributed by atoms with Gasteiger partial charge in [0.1, 0.15) is 6.10 Å². The van der Waals surface area contributed by atoms with Crippen LogP contribution < -0.4 is 0 Å². The monoisotopic (exact) mass is 558 g/mol. The van der Waals surface area contributed by atoms with Crippen molar-refractivity contribution in [3.63, 3.8) is 0 Å². The second kappa shape index (κ2) is 16.2. The third-order valence-corrected chi connectivity index (χ3v) is 8.40. The lowest BCUT2D eigenvalue weighted by molar-refractivity contribution is -0.192. The Morgan fingerprint density at radius 2 is 1.13 bits per heavy atom. The highest BCUT2D eigenvalue weighted by Crippen LogP contribution is 2.43. The number of hydrogen-bond donors (Lipinski definition) is 4. The molecule has 3 aliphatic carbocycles. The quantitative estimate of drug-likeness (QED) is 0.322. The second-order valence-electron chi connectivity index (χ2n) is 11.5. The van der Waals surface area contributed by atoms with Gasteiger partial charge in [-0.3, -0.25) is 0 Å². The van der Waals surface area contributed by atoms with Gasteiger partial charge in [0.25, 0.3) is 0 Å². The van der Waals surface area contributed by atoms with Crippen molar-refractivity contribution in [2.75, 3.05) is 33.0 Å². The number of ether oxygens (including phenoxy) is 2. The number of rotatable bonds is 9. The van der Waals surface area contributed by atoms with Crippen LogP contribution in [0.3, 0.4) is 0 Å². The zero-order valence-electron chi connectivity index (χ0n) is 22.7. The Hall–Kier alpha value is -1.33. The minimum Gasteiger partial charge on any atom is -0.396 e. The van der Waals surface area contributed by atoms with Crippen molar-refractivity contribution in [3.8, 4) is 23.7 Å². The first-order chi connectivity index (χ1) is 18.7. The largest absolute Gasteiger partial charge is 0.396 e. The number of aliphatic hydroxyl groups excluding tert-OH is 4. The van der Waals surface area contributed by atoms with Crippen LogP contribution in [0.1, 0.15) is 70.6 Å². The molecule has 0 bridgehead atoms. The molecule has 0 aliphatic heterocycles. The van der Waals surface area contributed by atoms with Crippen LogP contribution in [-0.4, -0.2) is 77.9 Å². The molecular weight excluding hydrogens is 513 g/mol. The van der Waals surface area contributed by atoms with Crippen molar-refractivity contribution in [2.24, 2.45) is 35.5 Å². The molecule has 0 aromatic rings. The highest BCUT2D eigenvalue weighted by atomic mass is 19.4. The third-order valence-electron chi connectivity index (χ3n) is 8.40. The topological polar surface area (TPSA) is 99.4 Å². The molecule has 0 saturated heterocycles. The van der Waals surface area contributed by atoms with Crippen molar-refractivity contribution in [2.45, 2.75) is 95.1 Å². The molecule has 3 rings (SSSR count). The van der Waals surface area contributed by atoms with E-state index >= 15 is 0 Å². The lowest BCUT2D eigenvalue weighted by Gasteiger charge is -2.33. The summed E-state index contributed by atoms with van der Waals surface area (Å²) < 4.78 is 53.3. The molecule has 4 unspecified atom stereocenters. The SMILES string of the molecule is OCC(O)COC1CCC(C#CC2CCC(C#CC3CCC(OCC(CO)CO)CC3)C(C(F)(F)F)C2)CC1. The lowest BCUT2D eigenvalue weighted by Crippen LogP contribution is -2.35. The number of halogens is 3. The zero-order chi connectivity index (χ0) is 28.3. The van der Waals surface area contributed by atoms with Gasteiger partial charge >= 0.3 is 6.18 Å². The molecule has 4 N–H and O–H groups in total. The maximum atomic E-state index is 14.0. The fourth-order valence-corrected chi connectivity index (χ4v) is 5.78. The highest BCUT2D eigenvalue weighted by Gasteiger charge is 2.47. The summed E-state index contributed by atoms with van der Waals surface area (Å²) >= 11 is 0. The van der Waals surface area contributed by atoms with Crippen LogP contribution in [0.5, 0.6) is 0 Å². The minimum atomic E-state index is -4.30. The van der Waals surface area contributed by atoms with Crippen LogP contribution in [0.15, 0.2) is 0 Å². The summed E-state index contributed by atoms with van der Waals surface area (Å²) in [6.07, 6.45) is 2.34. The molecule has 6 nitrogen and oxygen atoms in total. The van der Waals surface area contributed by atoms with Gasteiger partial charge in [-0.25, -0.2) is 0 Å². The number of alkyl halides is 3. The van der Waals surface area contributed by atoms with Crippen molar-refractivity contribution < 1.29 is 43.1 Å². The average molecular weight is 559 g/mol. The van der Waals surface area contributed by atoms with E-state index in [1.54, 1.807) is 0 Å². The second-order valence-corrected chi connectivity index (χ2v) is 11.5. The van der Waals surface area contributed by atoms with Gasteiger partial charge in [-0.05, 0) is 70.6 Å². The van der Waals surface area contributed by atoms with Gasteiger partial charge < -0.3 is 29.9 Å². The Morgan fingerprint density at radius 3 is 1.64 bits per heavy atom. The summed E-state index contributed by atoms with van der Waals surface area (Å²) in [5.41, 5.74) is 0. The van der Waals surface area contributed by atoms with E-state index in [9.17, 15) is 18.3 Å². The molecule has 3 saturated carbocycles. The summed E-state index contributed by atoms with van der Waals surface area (Å²) in [5, 5.41) is 36.6. The molecule has 0 heterocycles. The van der Waals surface area contributed by atoms with Gasteiger partial charge in [0.05, 0.1) is 51.2 Å². The predicted octanol–water partition coefficient (Wildman–Crippen LogP) is 3.69. The van der Waals surface area contributed by atoms with Crippen molar-refractivity contribution >= 4 is 0 Å². The summed E-state index contributed by atoms with van der Waals surface area (Å²) in [5.74, 6) is 10.1. The van der Waals surface area contributed by atoms with Crippen molar-refractivity contribution in [3.05, 3.63) is 0 Å². The molecule has 9 heteroatoms. The predicted molar refractivity (Wildman–Crippen MR) is 140 cm³/mol. The zero-order valence-corrected chi connectivity index (χ0v) is 22.7. The van der Waals surface area contributed by atoms with E-state index in [2.05, 4.69) is 23.7 Å². The molecule has 222 valence electrons. The van der Waals surface area contributed by atoms with Gasteiger partial charge in [0, 0.05) is 29.6 Å². The Labute approximate surface area is 230 Å². The van der Waals surface area contributed by atoms with Crippen LogP contribution in [0.25, 0.3) is 0 Å². The van der Waals surface area contributed by atoms with E-state index in [-0.39, 0.29) is 68.7 Å². The Balaban J connectivity index is 1.45. The van der Waals surface area contributed by atoms with E-state index in [1.165, 1.54) is 0 Å². The molecular formula is C30H45F3O6. The first-order valence-electron chi connectivity index (χ1n) is 14.5. The molecule has 0 radical (unpaired) electrons. The van der Waals surface area contributed by atoms with E-state index in [0.717, 1.165) is 51.4 Å². The molecule has 0 aromatic carbocycles. The summed E-state index contributed by atoms with van der Waals surface area (Å²) in [4.78, 5) is 0. The normalized spacial score (nSPS) is 32.6. The molecule has 39 heavy (non-hydrogen) atoms. The van der Waals surface area contributed by atoms with Crippen molar-refractivity contribution in [1.29, 1.82) is 0 Å². The summed E-state index contributed by atoms with van der Waals surface area (Å²) in [7, 11) is 0. The maximum absolute atomic E-state index is 14.0. The van der Waals surface area contributed by atoms with Crippen LogP contribution in [0.2, 0.25) is 0 Å². The van der Waals surface area contributed by atoms with Gasteiger partial charge in [-0.15, -0.1) is 0 Å². The average Bonchev–Trinajstić information content (AvgIpc) is 2.95. The Morgan fingerprint density at radius 1 is 0.641 bits per heavy atom. The fraction of sp³-hybridized carbons (Fsp3) is 0.867. The Kier molecular flexibility index (Phi) is 13.4. The van der Waals surface area contributed by atoms with Crippen LogP contribution in [0, 0.1) is 59.2 Å². The molecule has 3 fully saturated rings. The van der Waals surface area contributed by atoms with Crippen molar-refractivity contribution in [1.82, 2.24) is 0 Å². The Bertz CT molecular complexity index is 824. The molecule has 3 aliphatic rings.